The Bertz CT molecular complexity index is 865. The van der Waals surface area contributed by atoms with Gasteiger partial charge >= 0.3 is 0 Å². The molecule has 0 saturated carbocycles. The number of carbonyl (C=O) groups is 1. The minimum Gasteiger partial charge on any atom is -0.467 e. The third-order valence-electron chi connectivity index (χ3n) is 3.87. The first-order valence-electron chi connectivity index (χ1n) is 7.75. The van der Waals surface area contributed by atoms with Gasteiger partial charge in [0.05, 0.1) is 24.2 Å². The fourth-order valence-corrected chi connectivity index (χ4v) is 2.60. The molecule has 6 heteroatoms. The van der Waals surface area contributed by atoms with Gasteiger partial charge < -0.3 is 9.32 Å². The van der Waals surface area contributed by atoms with Gasteiger partial charge in [0.2, 0.25) is 0 Å². The molecule has 0 bridgehead atoms. The summed E-state index contributed by atoms with van der Waals surface area (Å²) in [5.74, 6) is 0.546. The smallest absolute Gasteiger partial charge is 0.276 e. The Balaban J connectivity index is 1.86. The summed E-state index contributed by atoms with van der Waals surface area (Å²) in [5.41, 5.74) is 4.06. The maximum absolute atomic E-state index is 12.6. The summed E-state index contributed by atoms with van der Waals surface area (Å²) in [6.07, 6.45) is 1.59. The largest absolute Gasteiger partial charge is 0.467 e. The third kappa shape index (κ3) is 3.08. The molecule has 3 rings (SSSR count). The van der Waals surface area contributed by atoms with Crippen molar-refractivity contribution in [3.05, 3.63) is 64.9 Å². The van der Waals surface area contributed by atoms with Crippen LogP contribution in [0.25, 0.3) is 5.69 Å². The van der Waals surface area contributed by atoms with E-state index in [1.807, 2.05) is 32.0 Å². The highest BCUT2D eigenvalue weighted by Gasteiger charge is 2.21. The summed E-state index contributed by atoms with van der Waals surface area (Å²) < 4.78 is 5.29. The number of benzene rings is 1. The first kappa shape index (κ1) is 16.0. The summed E-state index contributed by atoms with van der Waals surface area (Å²) in [5, 5.41) is 8.81. The van der Waals surface area contributed by atoms with Gasteiger partial charge in [-0.3, -0.25) is 4.79 Å². The first-order valence-corrected chi connectivity index (χ1v) is 7.75. The Labute approximate surface area is 140 Å². The van der Waals surface area contributed by atoms with Crippen LogP contribution in [0, 0.1) is 20.8 Å². The molecule has 0 N–H and O–H groups in total. The SMILES string of the molecule is Cc1ccc(-n2nc(C)c(C(=O)N(C)Cc3ccco3)n2)c(C)c1. The van der Waals surface area contributed by atoms with Gasteiger partial charge in [-0.25, -0.2) is 0 Å². The molecule has 24 heavy (non-hydrogen) atoms. The van der Waals surface area contributed by atoms with E-state index in [1.54, 1.807) is 31.2 Å². The molecule has 2 heterocycles. The van der Waals surface area contributed by atoms with Gasteiger partial charge in [-0.05, 0) is 44.5 Å². The molecule has 0 unspecified atom stereocenters. The highest BCUT2D eigenvalue weighted by atomic mass is 16.3. The number of aryl methyl sites for hydroxylation is 3. The molecule has 124 valence electrons. The zero-order valence-electron chi connectivity index (χ0n) is 14.3. The molecular weight excluding hydrogens is 304 g/mol. The Hall–Kier alpha value is -2.89. The molecule has 0 saturated heterocycles. The molecule has 0 aliphatic heterocycles. The zero-order chi connectivity index (χ0) is 17.3. The van der Waals surface area contributed by atoms with Crippen molar-refractivity contribution < 1.29 is 9.21 Å². The van der Waals surface area contributed by atoms with Gasteiger partial charge in [-0.1, -0.05) is 17.7 Å². The summed E-state index contributed by atoms with van der Waals surface area (Å²) >= 11 is 0. The fraction of sp³-hybridized carbons (Fsp3) is 0.278. The van der Waals surface area contributed by atoms with Crippen LogP contribution in [0.2, 0.25) is 0 Å². The van der Waals surface area contributed by atoms with Crippen molar-refractivity contribution in [3.63, 3.8) is 0 Å². The molecule has 0 aliphatic carbocycles. The van der Waals surface area contributed by atoms with Crippen LogP contribution in [0.1, 0.15) is 33.1 Å². The number of carbonyl (C=O) groups excluding carboxylic acids is 1. The van der Waals surface area contributed by atoms with Crippen LogP contribution in [0.4, 0.5) is 0 Å². The quantitative estimate of drug-likeness (QED) is 0.740. The second kappa shape index (κ2) is 6.31. The highest BCUT2D eigenvalue weighted by molar-refractivity contribution is 5.93. The monoisotopic (exact) mass is 324 g/mol. The minimum absolute atomic E-state index is 0.181. The normalized spacial score (nSPS) is 10.8. The topological polar surface area (TPSA) is 64.2 Å². The van der Waals surface area contributed by atoms with Crippen LogP contribution in [-0.2, 0) is 6.54 Å². The highest BCUT2D eigenvalue weighted by Crippen LogP contribution is 2.16. The lowest BCUT2D eigenvalue weighted by Crippen LogP contribution is -2.27. The van der Waals surface area contributed by atoms with Crippen molar-refractivity contribution in [2.24, 2.45) is 0 Å². The van der Waals surface area contributed by atoms with Crippen LogP contribution in [0.5, 0.6) is 0 Å². The number of rotatable bonds is 4. The summed E-state index contributed by atoms with van der Waals surface area (Å²) in [6.45, 7) is 6.23. The molecule has 0 radical (unpaired) electrons. The van der Waals surface area contributed by atoms with Crippen molar-refractivity contribution >= 4 is 5.91 Å². The van der Waals surface area contributed by atoms with E-state index in [1.165, 1.54) is 10.4 Å². The molecule has 3 aromatic rings. The molecule has 0 aliphatic rings. The second-order valence-corrected chi connectivity index (χ2v) is 5.95. The molecule has 0 spiro atoms. The minimum atomic E-state index is -0.181. The maximum Gasteiger partial charge on any atom is 0.276 e. The van der Waals surface area contributed by atoms with Crippen LogP contribution in [-0.4, -0.2) is 32.8 Å². The number of furan rings is 1. The lowest BCUT2D eigenvalue weighted by Gasteiger charge is -2.14. The van der Waals surface area contributed by atoms with E-state index in [0.29, 0.717) is 17.9 Å². The number of hydrogen-bond acceptors (Lipinski definition) is 4. The third-order valence-corrected chi connectivity index (χ3v) is 3.87. The van der Waals surface area contributed by atoms with E-state index in [9.17, 15) is 4.79 Å². The Kier molecular flexibility index (Phi) is 4.20. The molecule has 1 aromatic carbocycles. The molecule has 1 amide bonds. The predicted octanol–water partition coefficient (Wildman–Crippen LogP) is 3.06. The second-order valence-electron chi connectivity index (χ2n) is 5.95. The average molecular weight is 324 g/mol. The van der Waals surface area contributed by atoms with Gasteiger partial charge in [0.25, 0.3) is 5.91 Å². The van der Waals surface area contributed by atoms with Crippen molar-refractivity contribution in [2.45, 2.75) is 27.3 Å². The van der Waals surface area contributed by atoms with E-state index < -0.39 is 0 Å². The van der Waals surface area contributed by atoms with Crippen LogP contribution < -0.4 is 0 Å². The summed E-state index contributed by atoms with van der Waals surface area (Å²) in [7, 11) is 1.72. The molecule has 2 aromatic heterocycles. The maximum atomic E-state index is 12.6. The van der Waals surface area contributed by atoms with E-state index in [0.717, 1.165) is 17.0 Å². The van der Waals surface area contributed by atoms with Gasteiger partial charge in [-0.15, -0.1) is 5.10 Å². The van der Waals surface area contributed by atoms with Crippen LogP contribution in [0.15, 0.2) is 41.0 Å². The van der Waals surface area contributed by atoms with Crippen LogP contribution >= 0.6 is 0 Å². The molecular formula is C18H20N4O2. The lowest BCUT2D eigenvalue weighted by molar-refractivity contribution is 0.0768. The summed E-state index contributed by atoms with van der Waals surface area (Å²) in [4.78, 5) is 15.7. The number of aromatic nitrogens is 3. The van der Waals surface area contributed by atoms with Gasteiger partial charge in [0.1, 0.15) is 5.76 Å². The molecule has 0 atom stereocenters. The lowest BCUT2D eigenvalue weighted by atomic mass is 10.1. The Morgan fingerprint density at radius 1 is 1.21 bits per heavy atom. The van der Waals surface area contributed by atoms with Gasteiger partial charge in [-0.2, -0.15) is 9.90 Å². The van der Waals surface area contributed by atoms with Crippen molar-refractivity contribution in [1.82, 2.24) is 19.9 Å². The molecule has 6 nitrogen and oxygen atoms in total. The predicted molar refractivity (Wildman–Crippen MR) is 90.1 cm³/mol. The number of hydrogen-bond donors (Lipinski definition) is 0. The van der Waals surface area contributed by atoms with E-state index >= 15 is 0 Å². The zero-order valence-corrected chi connectivity index (χ0v) is 14.3. The fourth-order valence-electron chi connectivity index (χ4n) is 2.60. The van der Waals surface area contributed by atoms with Crippen LogP contribution in [0.3, 0.4) is 0 Å². The average Bonchev–Trinajstić information content (AvgIpc) is 3.16. The Morgan fingerprint density at radius 2 is 2.00 bits per heavy atom. The number of amides is 1. The standard InChI is InChI=1S/C18H20N4O2/c1-12-7-8-16(13(2)10-12)22-19-14(3)17(20-22)18(23)21(4)11-15-6-5-9-24-15/h5-10H,11H2,1-4H3. The Morgan fingerprint density at radius 3 is 2.67 bits per heavy atom. The van der Waals surface area contributed by atoms with Crippen molar-refractivity contribution in [1.29, 1.82) is 0 Å². The first-order chi connectivity index (χ1) is 11.5. The van der Waals surface area contributed by atoms with Crippen molar-refractivity contribution in [3.8, 4) is 5.69 Å². The van der Waals surface area contributed by atoms with E-state index in [-0.39, 0.29) is 5.91 Å². The summed E-state index contributed by atoms with van der Waals surface area (Å²) in [6, 6.07) is 9.67. The van der Waals surface area contributed by atoms with Crippen molar-refractivity contribution in [2.75, 3.05) is 7.05 Å². The van der Waals surface area contributed by atoms with Gasteiger partial charge in [0.15, 0.2) is 5.69 Å². The molecule has 0 fully saturated rings. The van der Waals surface area contributed by atoms with Gasteiger partial charge in [0, 0.05) is 7.05 Å². The van der Waals surface area contributed by atoms with E-state index in [2.05, 4.69) is 16.3 Å². The number of nitrogens with zero attached hydrogens (tertiary/aromatic N) is 4. The van der Waals surface area contributed by atoms with E-state index in [4.69, 9.17) is 4.42 Å².